The Labute approximate surface area is 65.5 Å². The minimum Gasteiger partial charge on any atom is -0.392 e. The Morgan fingerprint density at radius 2 is 2.30 bits per heavy atom. The van der Waals surface area contributed by atoms with Crippen molar-refractivity contribution in [1.82, 2.24) is 0 Å². The van der Waals surface area contributed by atoms with Crippen molar-refractivity contribution in [3.05, 3.63) is 11.1 Å². The van der Waals surface area contributed by atoms with Gasteiger partial charge in [0, 0.05) is 11.5 Å². The van der Waals surface area contributed by atoms with Gasteiger partial charge >= 0.3 is 0 Å². The van der Waals surface area contributed by atoms with E-state index in [0.29, 0.717) is 17.7 Å². The van der Waals surface area contributed by atoms with Gasteiger partial charge in [-0.25, -0.2) is 0 Å². The van der Waals surface area contributed by atoms with E-state index in [1.807, 2.05) is 0 Å². The summed E-state index contributed by atoms with van der Waals surface area (Å²) in [6.07, 6.45) is 2.44. The molecule has 1 atom stereocenters. The lowest BCUT2D eigenvalue weighted by molar-refractivity contribution is -0.109. The second-order valence-corrected chi connectivity index (χ2v) is 2.68. The number of aldehydes is 1. The van der Waals surface area contributed by atoms with Gasteiger partial charge in [-0.2, -0.15) is 0 Å². The maximum atomic E-state index is 9.85. The molecule has 0 aromatic carbocycles. The molecule has 10 heavy (non-hydrogen) atoms. The highest BCUT2D eigenvalue weighted by atomic mass is 35.5. The summed E-state index contributed by atoms with van der Waals surface area (Å²) in [6, 6.07) is 0. The minimum atomic E-state index is -0.578. The van der Waals surface area contributed by atoms with Gasteiger partial charge < -0.3 is 9.90 Å². The minimum absolute atomic E-state index is 0.181. The van der Waals surface area contributed by atoms with Crippen LogP contribution in [0.25, 0.3) is 0 Å². The predicted molar refractivity (Wildman–Crippen MR) is 40.9 cm³/mol. The second-order valence-electron chi connectivity index (χ2n) is 2.08. The number of allylic oxidation sites excluding steroid dienone is 1. The van der Waals surface area contributed by atoms with E-state index in [4.69, 9.17) is 16.7 Å². The number of halogens is 1. The number of rotatable bonds is 4. The van der Waals surface area contributed by atoms with Gasteiger partial charge in [0.1, 0.15) is 6.29 Å². The fraction of sp³-hybridized carbons (Fsp3) is 0.571. The fourth-order valence-electron chi connectivity index (χ4n) is 0.506. The molecule has 0 aromatic rings. The molecule has 0 aliphatic rings. The van der Waals surface area contributed by atoms with Crippen molar-refractivity contribution in [3.63, 3.8) is 0 Å². The van der Waals surface area contributed by atoms with Crippen LogP contribution in [-0.2, 0) is 4.79 Å². The summed E-state index contributed by atoms with van der Waals surface area (Å²) in [6.45, 7) is 1.73. The molecule has 0 heterocycles. The highest BCUT2D eigenvalue weighted by Gasteiger charge is 1.98. The van der Waals surface area contributed by atoms with Crippen LogP contribution in [0.2, 0.25) is 0 Å². The van der Waals surface area contributed by atoms with E-state index >= 15 is 0 Å². The third-order valence-electron chi connectivity index (χ3n) is 1.04. The van der Waals surface area contributed by atoms with Gasteiger partial charge in [-0.3, -0.25) is 0 Å². The number of carbonyl (C=O) groups is 1. The molecular weight excluding hydrogens is 152 g/mol. The van der Waals surface area contributed by atoms with Gasteiger partial charge in [0.05, 0.1) is 6.10 Å². The highest BCUT2D eigenvalue weighted by Crippen LogP contribution is 2.03. The lowest BCUT2D eigenvalue weighted by atomic mass is 10.2. The molecule has 58 valence electrons. The third kappa shape index (κ3) is 5.79. The summed E-state index contributed by atoms with van der Waals surface area (Å²) >= 11 is 5.48. The molecule has 0 saturated carbocycles. The lowest BCUT2D eigenvalue weighted by Gasteiger charge is -2.00. The Hall–Kier alpha value is -0.340. The van der Waals surface area contributed by atoms with Crippen molar-refractivity contribution in [3.8, 4) is 0 Å². The molecule has 0 amide bonds. The van der Waals surface area contributed by atoms with Gasteiger partial charge in [0.2, 0.25) is 0 Å². The number of hydrogen-bond donors (Lipinski definition) is 1. The maximum Gasteiger partial charge on any atom is 0.122 e. The highest BCUT2D eigenvalue weighted by molar-refractivity contribution is 6.29. The summed E-state index contributed by atoms with van der Waals surface area (Å²) in [5.74, 6) is 0. The van der Waals surface area contributed by atoms with Crippen molar-refractivity contribution in [2.75, 3.05) is 0 Å². The number of aliphatic hydroxyl groups excluding tert-OH is 1. The smallest absolute Gasteiger partial charge is 0.122 e. The van der Waals surface area contributed by atoms with Crippen LogP contribution in [0, 0.1) is 0 Å². The van der Waals surface area contributed by atoms with E-state index in [9.17, 15) is 4.79 Å². The number of aliphatic hydroxyl groups is 1. The van der Waals surface area contributed by atoms with Crippen LogP contribution in [0.4, 0.5) is 0 Å². The Kier molecular flexibility index (Phi) is 5.26. The van der Waals surface area contributed by atoms with Crippen molar-refractivity contribution >= 4 is 17.9 Å². The van der Waals surface area contributed by atoms with E-state index in [-0.39, 0.29) is 6.42 Å². The monoisotopic (exact) mass is 162 g/mol. The summed E-state index contributed by atoms with van der Waals surface area (Å²) in [4.78, 5) is 9.85. The Balaban J connectivity index is 3.48. The lowest BCUT2D eigenvalue weighted by Crippen LogP contribution is -2.04. The van der Waals surface area contributed by atoms with Gasteiger partial charge in [-0.1, -0.05) is 17.7 Å². The van der Waals surface area contributed by atoms with E-state index in [1.54, 1.807) is 13.0 Å². The standard InChI is InChI=1S/C7H11ClO2/c1-6(8)2-3-7(10)4-5-9/h2,5,7,10H,3-4H2,1H3/b6-2+/t7-/m0/s1. The van der Waals surface area contributed by atoms with Crippen molar-refractivity contribution in [1.29, 1.82) is 0 Å². The zero-order valence-electron chi connectivity index (χ0n) is 5.88. The van der Waals surface area contributed by atoms with Crippen LogP contribution in [-0.4, -0.2) is 17.5 Å². The van der Waals surface area contributed by atoms with Gasteiger partial charge in [-0.05, 0) is 13.3 Å². The molecule has 0 spiro atoms. The second kappa shape index (κ2) is 5.45. The molecule has 0 saturated heterocycles. The number of carbonyl (C=O) groups excluding carboxylic acids is 1. The molecule has 0 rings (SSSR count). The zero-order valence-corrected chi connectivity index (χ0v) is 6.64. The van der Waals surface area contributed by atoms with Gasteiger partial charge in [-0.15, -0.1) is 0 Å². The molecule has 0 fully saturated rings. The Morgan fingerprint density at radius 1 is 1.70 bits per heavy atom. The normalized spacial score (nSPS) is 14.9. The SMILES string of the molecule is C/C(Cl)=C\C[C@H](O)CC=O. The third-order valence-corrected chi connectivity index (χ3v) is 1.19. The topological polar surface area (TPSA) is 37.3 Å². The van der Waals surface area contributed by atoms with Crippen LogP contribution in [0.1, 0.15) is 19.8 Å². The number of hydrogen-bond acceptors (Lipinski definition) is 2. The molecule has 0 aliphatic carbocycles. The van der Waals surface area contributed by atoms with E-state index < -0.39 is 6.10 Å². The molecule has 0 aromatic heterocycles. The summed E-state index contributed by atoms with van der Waals surface area (Å²) in [5.41, 5.74) is 0. The molecule has 3 heteroatoms. The largest absolute Gasteiger partial charge is 0.392 e. The summed E-state index contributed by atoms with van der Waals surface area (Å²) in [5, 5.41) is 9.61. The first-order chi connectivity index (χ1) is 4.66. The molecule has 0 bridgehead atoms. The maximum absolute atomic E-state index is 9.85. The zero-order chi connectivity index (χ0) is 7.98. The van der Waals surface area contributed by atoms with Crippen LogP contribution in [0.15, 0.2) is 11.1 Å². The molecule has 0 aliphatic heterocycles. The molecular formula is C7H11ClO2. The summed E-state index contributed by atoms with van der Waals surface area (Å²) < 4.78 is 0. The summed E-state index contributed by atoms with van der Waals surface area (Å²) in [7, 11) is 0. The van der Waals surface area contributed by atoms with Crippen LogP contribution in [0.5, 0.6) is 0 Å². The molecule has 0 radical (unpaired) electrons. The quantitative estimate of drug-likeness (QED) is 0.636. The van der Waals surface area contributed by atoms with E-state index in [2.05, 4.69) is 0 Å². The fourth-order valence-corrected chi connectivity index (χ4v) is 0.595. The van der Waals surface area contributed by atoms with Gasteiger partial charge in [0.25, 0.3) is 0 Å². The Morgan fingerprint density at radius 3 is 2.70 bits per heavy atom. The van der Waals surface area contributed by atoms with E-state index in [0.717, 1.165) is 0 Å². The first-order valence-electron chi connectivity index (χ1n) is 3.10. The molecule has 2 nitrogen and oxygen atoms in total. The predicted octanol–water partition coefficient (Wildman–Crippen LogP) is 1.47. The van der Waals surface area contributed by atoms with Crippen LogP contribution >= 0.6 is 11.6 Å². The molecule has 0 unspecified atom stereocenters. The average Bonchev–Trinajstić information content (AvgIpc) is 1.85. The van der Waals surface area contributed by atoms with Crippen molar-refractivity contribution < 1.29 is 9.90 Å². The van der Waals surface area contributed by atoms with Crippen molar-refractivity contribution in [2.24, 2.45) is 0 Å². The molecule has 1 N–H and O–H groups in total. The van der Waals surface area contributed by atoms with Crippen molar-refractivity contribution in [2.45, 2.75) is 25.9 Å². The first kappa shape index (κ1) is 9.66. The Bertz CT molecular complexity index is 128. The average molecular weight is 163 g/mol. The van der Waals surface area contributed by atoms with Crippen LogP contribution in [0.3, 0.4) is 0 Å². The van der Waals surface area contributed by atoms with Crippen LogP contribution < -0.4 is 0 Å². The van der Waals surface area contributed by atoms with Gasteiger partial charge in [0.15, 0.2) is 0 Å². The first-order valence-corrected chi connectivity index (χ1v) is 3.48. The van der Waals surface area contributed by atoms with E-state index in [1.165, 1.54) is 0 Å².